The van der Waals surface area contributed by atoms with E-state index in [9.17, 15) is 4.79 Å². The van der Waals surface area contributed by atoms with E-state index < -0.39 is 0 Å². The number of hydrogen-bond donors (Lipinski definition) is 0. The maximum atomic E-state index is 12.1. The number of carbonyl (C=O) groups is 1. The van der Waals surface area contributed by atoms with Gasteiger partial charge in [0, 0.05) is 30.8 Å². The van der Waals surface area contributed by atoms with Crippen LogP contribution in [-0.2, 0) is 0 Å². The van der Waals surface area contributed by atoms with Crippen molar-refractivity contribution in [2.75, 3.05) is 13.1 Å². The Morgan fingerprint density at radius 3 is 2.61 bits per heavy atom. The zero-order chi connectivity index (χ0) is 12.4. The van der Waals surface area contributed by atoms with Crippen molar-refractivity contribution < 1.29 is 4.79 Å². The van der Waals surface area contributed by atoms with E-state index in [0.717, 1.165) is 24.3 Å². The van der Waals surface area contributed by atoms with Crippen molar-refractivity contribution in [1.82, 2.24) is 14.9 Å². The molecule has 2 heterocycles. The molecule has 1 aromatic heterocycles. The Kier molecular flexibility index (Phi) is 2.76. The maximum Gasteiger partial charge on any atom is 0.253 e. The molecule has 0 spiro atoms. The lowest BCUT2D eigenvalue weighted by Gasteiger charge is -2.38. The third-order valence-electron chi connectivity index (χ3n) is 3.21. The molecule has 1 aliphatic heterocycles. The minimum Gasteiger partial charge on any atom is -0.337 e. The summed E-state index contributed by atoms with van der Waals surface area (Å²) in [6, 6.07) is 11.3. The first-order valence-corrected chi connectivity index (χ1v) is 5.95. The number of benzene rings is 1. The first-order valence-electron chi connectivity index (χ1n) is 5.95. The molecule has 4 heteroatoms. The first-order chi connectivity index (χ1) is 8.84. The fraction of sp³-hybridized carbons (Fsp3) is 0.214. The molecular formula is C14H13N3O. The zero-order valence-corrected chi connectivity index (χ0v) is 9.86. The van der Waals surface area contributed by atoms with Crippen LogP contribution >= 0.6 is 0 Å². The second-order valence-corrected chi connectivity index (χ2v) is 4.41. The maximum absolute atomic E-state index is 12.1. The molecule has 4 nitrogen and oxygen atoms in total. The van der Waals surface area contributed by atoms with Crippen LogP contribution in [-0.4, -0.2) is 33.9 Å². The third kappa shape index (κ3) is 1.97. The van der Waals surface area contributed by atoms with Crippen LogP contribution in [0.25, 0.3) is 0 Å². The number of amides is 1. The molecule has 1 aromatic carbocycles. The van der Waals surface area contributed by atoms with Crippen molar-refractivity contribution in [3.05, 3.63) is 60.2 Å². The Balaban J connectivity index is 1.65. The summed E-state index contributed by atoms with van der Waals surface area (Å²) in [6.07, 6.45) is 3.29. The van der Waals surface area contributed by atoms with Gasteiger partial charge in [0.05, 0.1) is 5.69 Å². The highest BCUT2D eigenvalue weighted by molar-refractivity contribution is 5.94. The monoisotopic (exact) mass is 239 g/mol. The third-order valence-corrected chi connectivity index (χ3v) is 3.21. The molecule has 3 rings (SSSR count). The van der Waals surface area contributed by atoms with Crippen LogP contribution in [0.1, 0.15) is 22.0 Å². The lowest BCUT2D eigenvalue weighted by molar-refractivity contribution is 0.0598. The van der Waals surface area contributed by atoms with E-state index in [2.05, 4.69) is 9.97 Å². The van der Waals surface area contributed by atoms with E-state index in [1.165, 1.54) is 0 Å². The number of nitrogens with zero attached hydrogens (tertiary/aromatic N) is 3. The van der Waals surface area contributed by atoms with Gasteiger partial charge >= 0.3 is 0 Å². The van der Waals surface area contributed by atoms with Gasteiger partial charge in [-0.1, -0.05) is 18.2 Å². The smallest absolute Gasteiger partial charge is 0.253 e. The van der Waals surface area contributed by atoms with Gasteiger partial charge in [0.2, 0.25) is 0 Å². The van der Waals surface area contributed by atoms with Crippen LogP contribution in [0.15, 0.2) is 48.9 Å². The summed E-state index contributed by atoms with van der Waals surface area (Å²) in [5, 5.41) is 0. The zero-order valence-electron chi connectivity index (χ0n) is 9.86. The molecule has 1 saturated heterocycles. The molecule has 18 heavy (non-hydrogen) atoms. The average molecular weight is 239 g/mol. The fourth-order valence-electron chi connectivity index (χ4n) is 2.14. The Morgan fingerprint density at radius 1 is 1.17 bits per heavy atom. The first kappa shape index (κ1) is 10.9. The van der Waals surface area contributed by atoms with Crippen LogP contribution in [0.5, 0.6) is 0 Å². The van der Waals surface area contributed by atoms with Gasteiger partial charge in [0.25, 0.3) is 5.91 Å². The topological polar surface area (TPSA) is 46.1 Å². The number of hydrogen-bond acceptors (Lipinski definition) is 3. The van der Waals surface area contributed by atoms with Crippen molar-refractivity contribution in [2.24, 2.45) is 0 Å². The summed E-state index contributed by atoms with van der Waals surface area (Å²) in [7, 11) is 0. The van der Waals surface area contributed by atoms with Gasteiger partial charge in [-0.05, 0) is 18.2 Å². The fourth-order valence-corrected chi connectivity index (χ4v) is 2.14. The van der Waals surface area contributed by atoms with E-state index in [0.29, 0.717) is 5.92 Å². The van der Waals surface area contributed by atoms with Gasteiger partial charge in [-0.15, -0.1) is 0 Å². The quantitative estimate of drug-likeness (QED) is 0.801. The van der Waals surface area contributed by atoms with Crippen molar-refractivity contribution in [1.29, 1.82) is 0 Å². The van der Waals surface area contributed by atoms with Crippen LogP contribution in [0.3, 0.4) is 0 Å². The summed E-state index contributed by atoms with van der Waals surface area (Å²) in [5.41, 5.74) is 1.76. The highest BCUT2D eigenvalue weighted by atomic mass is 16.2. The summed E-state index contributed by atoms with van der Waals surface area (Å²) in [5.74, 6) is 0.446. The predicted octanol–water partition coefficient (Wildman–Crippen LogP) is 1.72. The van der Waals surface area contributed by atoms with Gasteiger partial charge in [-0.25, -0.2) is 9.97 Å². The van der Waals surface area contributed by atoms with Gasteiger partial charge in [-0.2, -0.15) is 0 Å². The number of likely N-dealkylation sites (tertiary alicyclic amines) is 1. The number of carbonyl (C=O) groups excluding carboxylic acids is 1. The summed E-state index contributed by atoms with van der Waals surface area (Å²) < 4.78 is 0. The van der Waals surface area contributed by atoms with Crippen LogP contribution in [0, 0.1) is 0 Å². The van der Waals surface area contributed by atoms with E-state index >= 15 is 0 Å². The molecule has 0 bridgehead atoms. The van der Waals surface area contributed by atoms with Crippen molar-refractivity contribution >= 4 is 5.91 Å². The lowest BCUT2D eigenvalue weighted by Crippen LogP contribution is -2.48. The minimum atomic E-state index is 0.0981. The molecule has 0 saturated carbocycles. The van der Waals surface area contributed by atoms with Gasteiger partial charge in [-0.3, -0.25) is 4.79 Å². The molecule has 0 atom stereocenters. The molecule has 2 aromatic rings. The van der Waals surface area contributed by atoms with Gasteiger partial charge < -0.3 is 4.90 Å². The summed E-state index contributed by atoms with van der Waals surface area (Å²) in [6.45, 7) is 1.48. The Morgan fingerprint density at radius 2 is 1.94 bits per heavy atom. The lowest BCUT2D eigenvalue weighted by atomic mass is 9.95. The van der Waals surface area contributed by atoms with Crippen molar-refractivity contribution in [3.8, 4) is 0 Å². The second kappa shape index (κ2) is 4.56. The molecule has 1 amide bonds. The largest absolute Gasteiger partial charge is 0.337 e. The van der Waals surface area contributed by atoms with Crippen LogP contribution < -0.4 is 0 Å². The van der Waals surface area contributed by atoms with Gasteiger partial charge in [0.1, 0.15) is 6.33 Å². The van der Waals surface area contributed by atoms with Crippen molar-refractivity contribution in [3.63, 3.8) is 0 Å². The van der Waals surface area contributed by atoms with Crippen LogP contribution in [0.2, 0.25) is 0 Å². The number of rotatable bonds is 2. The molecule has 0 aliphatic carbocycles. The Labute approximate surface area is 105 Å². The molecule has 1 fully saturated rings. The second-order valence-electron chi connectivity index (χ2n) is 4.41. The van der Waals surface area contributed by atoms with Crippen molar-refractivity contribution in [2.45, 2.75) is 5.92 Å². The predicted molar refractivity (Wildman–Crippen MR) is 67.1 cm³/mol. The van der Waals surface area contributed by atoms with E-state index in [-0.39, 0.29) is 5.91 Å². The standard InChI is InChI=1S/C14H13N3O/c18-14(11-4-2-1-3-5-11)17-8-12(9-17)13-6-7-15-10-16-13/h1-7,10,12H,8-9H2. The minimum absolute atomic E-state index is 0.0981. The highest BCUT2D eigenvalue weighted by Crippen LogP contribution is 2.26. The van der Waals surface area contributed by atoms with E-state index in [1.54, 1.807) is 12.5 Å². The van der Waals surface area contributed by atoms with E-state index in [4.69, 9.17) is 0 Å². The molecule has 1 aliphatic rings. The highest BCUT2D eigenvalue weighted by Gasteiger charge is 2.32. The summed E-state index contributed by atoms with van der Waals surface area (Å²) >= 11 is 0. The Bertz CT molecular complexity index is 535. The number of aromatic nitrogens is 2. The molecule has 0 unspecified atom stereocenters. The molecule has 0 N–H and O–H groups in total. The van der Waals surface area contributed by atoms with E-state index in [1.807, 2.05) is 41.3 Å². The molecule has 90 valence electrons. The van der Waals surface area contributed by atoms with Gasteiger partial charge in [0.15, 0.2) is 0 Å². The molecular weight excluding hydrogens is 226 g/mol. The Hall–Kier alpha value is -2.23. The average Bonchev–Trinajstić information content (AvgIpc) is 2.39. The SMILES string of the molecule is O=C(c1ccccc1)N1CC(c2ccncn2)C1. The molecule has 0 radical (unpaired) electrons. The van der Waals surface area contributed by atoms with Crippen LogP contribution in [0.4, 0.5) is 0 Å². The summed E-state index contributed by atoms with van der Waals surface area (Å²) in [4.78, 5) is 22.1. The normalized spacial score (nSPS) is 15.2.